The molecule has 0 N–H and O–H groups in total. The van der Waals surface area contributed by atoms with Crippen molar-refractivity contribution in [1.29, 1.82) is 0 Å². The Balaban J connectivity index is 1.33. The van der Waals surface area contributed by atoms with E-state index in [1.165, 1.54) is 32.1 Å². The normalized spacial score (nSPS) is 32.0. The van der Waals surface area contributed by atoms with E-state index in [0.717, 1.165) is 68.4 Å². The van der Waals surface area contributed by atoms with Crippen molar-refractivity contribution in [1.82, 2.24) is 0 Å². The van der Waals surface area contributed by atoms with Gasteiger partial charge in [-0.15, -0.1) is 6.58 Å². The van der Waals surface area contributed by atoms with E-state index in [1.54, 1.807) is 0 Å². The number of benzene rings is 1. The van der Waals surface area contributed by atoms with Gasteiger partial charge < -0.3 is 4.74 Å². The molecule has 4 atom stereocenters. The van der Waals surface area contributed by atoms with Gasteiger partial charge in [0, 0.05) is 0 Å². The van der Waals surface area contributed by atoms with E-state index in [4.69, 9.17) is 4.74 Å². The second-order valence-electron chi connectivity index (χ2n) is 10.7. The summed E-state index contributed by atoms with van der Waals surface area (Å²) in [4.78, 5) is 12.9. The highest BCUT2D eigenvalue weighted by atomic mass is 19.4. The molecule has 0 spiro atoms. The predicted molar refractivity (Wildman–Crippen MR) is 124 cm³/mol. The summed E-state index contributed by atoms with van der Waals surface area (Å²) in [5, 5.41) is 0. The van der Waals surface area contributed by atoms with Crippen LogP contribution in [0.2, 0.25) is 0 Å². The molecule has 0 heterocycles. The highest BCUT2D eigenvalue weighted by molar-refractivity contribution is 5.75. The predicted octanol–water partition coefficient (Wildman–Crippen LogP) is 8.36. The van der Waals surface area contributed by atoms with Crippen LogP contribution in [0.5, 0.6) is 5.75 Å². The van der Waals surface area contributed by atoms with E-state index < -0.39 is 29.3 Å². The lowest BCUT2D eigenvalue weighted by Gasteiger charge is -2.46. The molecule has 0 bridgehead atoms. The topological polar surface area (TPSA) is 26.3 Å². The number of fused-ring (bicyclic) bond motifs is 1. The molecule has 6 heteroatoms. The van der Waals surface area contributed by atoms with E-state index >= 15 is 0 Å². The summed E-state index contributed by atoms with van der Waals surface area (Å²) in [6.07, 6.45) is 11.0. The molecule has 4 unspecified atom stereocenters. The van der Waals surface area contributed by atoms with Gasteiger partial charge in [-0.1, -0.05) is 31.8 Å². The molecule has 0 amide bonds. The number of ether oxygens (including phenoxy) is 1. The lowest BCUT2D eigenvalue weighted by atomic mass is 9.59. The SMILES string of the molecule is C=CCCC1CCC(C2CCC3C(CCCC3C(=O)Oc3ccc(C(F)(F)F)cc3F)C2)CC1. The Kier molecular flexibility index (Phi) is 8.04. The first-order valence-corrected chi connectivity index (χ1v) is 13.0. The number of alkyl halides is 3. The standard InChI is InChI=1S/C28H36F4O2/c1-2-3-5-18-8-10-19(11-9-18)20-12-14-23-21(16-20)6-4-7-24(23)27(33)34-26-15-13-22(17-25(26)29)28(30,31)32/h2,13,15,17-21,23-24H,1,3-12,14,16H2. The van der Waals surface area contributed by atoms with Crippen LogP contribution in [0.3, 0.4) is 0 Å². The van der Waals surface area contributed by atoms with Crippen LogP contribution in [0, 0.1) is 41.3 Å². The third-order valence-corrected chi connectivity index (χ3v) is 8.80. The molecule has 1 aromatic carbocycles. The van der Waals surface area contributed by atoms with Crippen LogP contribution >= 0.6 is 0 Å². The van der Waals surface area contributed by atoms with Gasteiger partial charge in [-0.25, -0.2) is 4.39 Å². The quantitative estimate of drug-likeness (QED) is 0.177. The van der Waals surface area contributed by atoms with Crippen molar-refractivity contribution in [3.8, 4) is 5.75 Å². The third kappa shape index (κ3) is 5.85. The molecule has 3 aliphatic carbocycles. The summed E-state index contributed by atoms with van der Waals surface area (Å²) in [6.45, 7) is 3.84. The summed E-state index contributed by atoms with van der Waals surface area (Å²) in [7, 11) is 0. The molecule has 3 aliphatic rings. The average molecular weight is 481 g/mol. The van der Waals surface area contributed by atoms with Gasteiger partial charge in [0.15, 0.2) is 11.6 Å². The molecule has 4 rings (SSSR count). The molecule has 1 aromatic rings. The van der Waals surface area contributed by atoms with Crippen molar-refractivity contribution in [2.75, 3.05) is 0 Å². The third-order valence-electron chi connectivity index (χ3n) is 8.80. The fraction of sp³-hybridized carbons (Fsp3) is 0.679. The molecule has 3 fully saturated rings. The average Bonchev–Trinajstić information content (AvgIpc) is 2.83. The highest BCUT2D eigenvalue weighted by Crippen LogP contribution is 2.50. The lowest BCUT2D eigenvalue weighted by Crippen LogP contribution is -2.40. The smallest absolute Gasteiger partial charge is 0.416 e. The summed E-state index contributed by atoms with van der Waals surface area (Å²) in [5.74, 6) is 0.721. The van der Waals surface area contributed by atoms with E-state index in [1.807, 2.05) is 6.08 Å². The first-order chi connectivity index (χ1) is 16.3. The molecule has 0 saturated heterocycles. The highest BCUT2D eigenvalue weighted by Gasteiger charge is 2.43. The number of halogens is 4. The summed E-state index contributed by atoms with van der Waals surface area (Å²) < 4.78 is 57.9. The van der Waals surface area contributed by atoms with Crippen LogP contribution in [-0.4, -0.2) is 5.97 Å². The van der Waals surface area contributed by atoms with Crippen LogP contribution in [0.4, 0.5) is 17.6 Å². The molecular weight excluding hydrogens is 444 g/mol. The Labute approximate surface area is 200 Å². The van der Waals surface area contributed by atoms with E-state index in [2.05, 4.69) is 6.58 Å². The monoisotopic (exact) mass is 480 g/mol. The summed E-state index contributed by atoms with van der Waals surface area (Å²) >= 11 is 0. The van der Waals surface area contributed by atoms with Gasteiger partial charge in [-0.3, -0.25) is 4.79 Å². The Bertz CT molecular complexity index is 856. The van der Waals surface area contributed by atoms with E-state index in [0.29, 0.717) is 18.4 Å². The van der Waals surface area contributed by atoms with Gasteiger partial charge in [-0.05, 0) is 99.2 Å². The fourth-order valence-electron chi connectivity index (χ4n) is 6.97. The Morgan fingerprint density at radius 3 is 2.41 bits per heavy atom. The van der Waals surface area contributed by atoms with Gasteiger partial charge in [0.05, 0.1) is 11.5 Å². The molecule has 2 nitrogen and oxygen atoms in total. The molecule has 34 heavy (non-hydrogen) atoms. The van der Waals surface area contributed by atoms with Crippen molar-refractivity contribution in [2.45, 2.75) is 83.2 Å². The van der Waals surface area contributed by atoms with Crippen molar-refractivity contribution in [3.63, 3.8) is 0 Å². The van der Waals surface area contributed by atoms with Crippen molar-refractivity contribution in [2.24, 2.45) is 35.5 Å². The number of allylic oxidation sites excluding steroid dienone is 1. The van der Waals surface area contributed by atoms with E-state index in [9.17, 15) is 22.4 Å². The fourth-order valence-corrected chi connectivity index (χ4v) is 6.97. The lowest BCUT2D eigenvalue weighted by molar-refractivity contribution is -0.144. The van der Waals surface area contributed by atoms with Crippen LogP contribution in [0.15, 0.2) is 30.9 Å². The molecule has 0 radical (unpaired) electrons. The second kappa shape index (κ2) is 10.8. The molecule has 0 aromatic heterocycles. The molecule has 188 valence electrons. The van der Waals surface area contributed by atoms with Gasteiger partial charge in [0.25, 0.3) is 0 Å². The van der Waals surface area contributed by atoms with E-state index in [-0.39, 0.29) is 11.8 Å². The molecule has 3 saturated carbocycles. The zero-order valence-electron chi connectivity index (χ0n) is 19.8. The largest absolute Gasteiger partial charge is 0.423 e. The second-order valence-corrected chi connectivity index (χ2v) is 10.7. The van der Waals surface area contributed by atoms with Gasteiger partial charge in [0.1, 0.15) is 0 Å². The molecule has 0 aliphatic heterocycles. The number of carbonyl (C=O) groups is 1. The maximum Gasteiger partial charge on any atom is 0.416 e. The van der Waals surface area contributed by atoms with Gasteiger partial charge in [0.2, 0.25) is 0 Å². The van der Waals surface area contributed by atoms with Crippen molar-refractivity contribution in [3.05, 3.63) is 42.2 Å². The minimum Gasteiger partial charge on any atom is -0.423 e. The summed E-state index contributed by atoms with van der Waals surface area (Å²) in [6, 6.07) is 2.06. The minimum atomic E-state index is -4.64. The number of hydrogen-bond donors (Lipinski definition) is 0. The number of carbonyl (C=O) groups excluding carboxylic acids is 1. The Morgan fingerprint density at radius 2 is 1.74 bits per heavy atom. The van der Waals surface area contributed by atoms with Gasteiger partial charge >= 0.3 is 12.1 Å². The minimum absolute atomic E-state index is 0.235. The first-order valence-electron chi connectivity index (χ1n) is 13.0. The number of hydrogen-bond acceptors (Lipinski definition) is 2. The Hall–Kier alpha value is -1.85. The Morgan fingerprint density at radius 1 is 1.00 bits per heavy atom. The number of esters is 1. The number of rotatable bonds is 6. The molecular formula is C28H36F4O2. The van der Waals surface area contributed by atoms with Crippen LogP contribution < -0.4 is 4.74 Å². The van der Waals surface area contributed by atoms with Crippen LogP contribution in [0.1, 0.15) is 82.6 Å². The van der Waals surface area contributed by atoms with Gasteiger partial charge in [-0.2, -0.15) is 13.2 Å². The zero-order chi connectivity index (χ0) is 24.3. The van der Waals surface area contributed by atoms with Crippen LogP contribution in [0.25, 0.3) is 0 Å². The van der Waals surface area contributed by atoms with Crippen molar-refractivity contribution < 1.29 is 27.1 Å². The summed E-state index contributed by atoms with van der Waals surface area (Å²) in [5.41, 5.74) is -1.09. The maximum atomic E-state index is 14.2. The maximum absolute atomic E-state index is 14.2. The van der Waals surface area contributed by atoms with Crippen LogP contribution in [-0.2, 0) is 11.0 Å². The first kappa shape index (κ1) is 25.2. The van der Waals surface area contributed by atoms with Crippen molar-refractivity contribution >= 4 is 5.97 Å². The zero-order valence-corrected chi connectivity index (χ0v) is 19.8.